The second-order valence-electron chi connectivity index (χ2n) is 4.76. The lowest BCUT2D eigenvalue weighted by molar-refractivity contribution is -0.706. The summed E-state index contributed by atoms with van der Waals surface area (Å²) < 4.78 is 0.683. The normalized spacial score (nSPS) is 33.6. The second kappa shape index (κ2) is 3.64. The zero-order chi connectivity index (χ0) is 11.0. The van der Waals surface area contributed by atoms with Gasteiger partial charge in [0.05, 0.1) is 19.5 Å². The molecule has 0 aliphatic carbocycles. The third kappa shape index (κ3) is 1.45. The maximum absolute atomic E-state index is 4.63. The summed E-state index contributed by atoms with van der Waals surface area (Å²) in [4.78, 5) is 8.87. The summed E-state index contributed by atoms with van der Waals surface area (Å²) >= 11 is 0. The molecule has 1 atom stereocenters. The van der Waals surface area contributed by atoms with Crippen LogP contribution in [0.5, 0.6) is 0 Å². The number of nitrogens with zero attached hydrogens (tertiary/aromatic N) is 3. The topological polar surface area (TPSA) is 36.8 Å². The van der Waals surface area contributed by atoms with Crippen LogP contribution in [-0.2, 0) is 0 Å². The van der Waals surface area contributed by atoms with E-state index < -0.39 is 0 Å². The largest absolute Gasteiger partial charge is 0.317 e. The van der Waals surface area contributed by atoms with Crippen LogP contribution in [0.2, 0.25) is 0 Å². The predicted octanol–water partition coefficient (Wildman–Crippen LogP) is 1.24. The van der Waals surface area contributed by atoms with Crippen molar-refractivity contribution in [2.75, 3.05) is 20.1 Å². The summed E-state index contributed by atoms with van der Waals surface area (Å²) in [5.41, 5.74) is 2.49. The minimum absolute atomic E-state index is 0.602. The fourth-order valence-corrected chi connectivity index (χ4v) is 2.57. The number of aliphatic imine (C=N–C) groups is 2. The van der Waals surface area contributed by atoms with E-state index in [9.17, 15) is 0 Å². The Kier molecular flexibility index (Phi) is 2.26. The standard InChI is InChI=1S/C12H17N4/c1-16-7-6-14-8-11(16)12(15-9-16)10-2-4-13-5-3-10/h6-10,13H,2-5H2,1H3/q+1. The lowest BCUT2D eigenvalue weighted by Gasteiger charge is -2.25. The molecule has 4 nitrogen and oxygen atoms in total. The second-order valence-corrected chi connectivity index (χ2v) is 4.76. The molecule has 0 amide bonds. The van der Waals surface area contributed by atoms with Gasteiger partial charge in [-0.2, -0.15) is 0 Å². The molecular weight excluding hydrogens is 200 g/mol. The average molecular weight is 217 g/mol. The van der Waals surface area contributed by atoms with E-state index >= 15 is 0 Å². The highest BCUT2D eigenvalue weighted by molar-refractivity contribution is 5.83. The van der Waals surface area contributed by atoms with Gasteiger partial charge in [0.1, 0.15) is 11.9 Å². The fraction of sp³-hybridized carbons (Fsp3) is 0.500. The van der Waals surface area contributed by atoms with E-state index in [2.05, 4.69) is 28.5 Å². The van der Waals surface area contributed by atoms with Crippen molar-refractivity contribution >= 4 is 12.6 Å². The van der Waals surface area contributed by atoms with Gasteiger partial charge in [0, 0.05) is 5.92 Å². The van der Waals surface area contributed by atoms with Gasteiger partial charge in [-0.15, -0.1) is 0 Å². The molecule has 0 spiro atoms. The van der Waals surface area contributed by atoms with Crippen molar-refractivity contribution in [2.45, 2.75) is 12.8 Å². The van der Waals surface area contributed by atoms with Crippen LogP contribution in [0.4, 0.5) is 0 Å². The summed E-state index contributed by atoms with van der Waals surface area (Å²) in [5.74, 6) is 0.602. The van der Waals surface area contributed by atoms with Crippen molar-refractivity contribution in [3.05, 3.63) is 23.8 Å². The van der Waals surface area contributed by atoms with Crippen LogP contribution in [0.15, 0.2) is 33.8 Å². The van der Waals surface area contributed by atoms with Crippen LogP contribution < -0.4 is 5.32 Å². The first-order chi connectivity index (χ1) is 7.80. The molecule has 1 unspecified atom stereocenters. The number of hydrogen-bond donors (Lipinski definition) is 1. The molecule has 1 N–H and O–H groups in total. The van der Waals surface area contributed by atoms with E-state index in [1.807, 2.05) is 18.8 Å². The van der Waals surface area contributed by atoms with E-state index in [0.29, 0.717) is 10.4 Å². The van der Waals surface area contributed by atoms with Crippen LogP contribution in [0.1, 0.15) is 12.8 Å². The molecule has 0 aromatic carbocycles. The zero-order valence-electron chi connectivity index (χ0n) is 9.56. The summed E-state index contributed by atoms with van der Waals surface area (Å²) in [6, 6.07) is 0. The van der Waals surface area contributed by atoms with Gasteiger partial charge in [-0.1, -0.05) is 0 Å². The van der Waals surface area contributed by atoms with Crippen molar-refractivity contribution < 1.29 is 4.48 Å². The number of fused-ring (bicyclic) bond motifs is 1. The Morgan fingerprint density at radius 3 is 3.00 bits per heavy atom. The van der Waals surface area contributed by atoms with Gasteiger partial charge in [-0.25, -0.2) is 9.48 Å². The molecule has 3 aliphatic rings. The van der Waals surface area contributed by atoms with Gasteiger partial charge in [-0.3, -0.25) is 4.99 Å². The molecule has 84 valence electrons. The molecule has 3 aliphatic heterocycles. The number of nitrogens with one attached hydrogen (secondary N) is 1. The monoisotopic (exact) mass is 217 g/mol. The van der Waals surface area contributed by atoms with Crippen LogP contribution in [0.25, 0.3) is 0 Å². The predicted molar refractivity (Wildman–Crippen MR) is 64.9 cm³/mol. The minimum Gasteiger partial charge on any atom is -0.317 e. The lowest BCUT2D eigenvalue weighted by Crippen LogP contribution is -2.36. The molecule has 0 aromatic heterocycles. The third-order valence-electron chi connectivity index (χ3n) is 3.60. The highest BCUT2D eigenvalue weighted by Gasteiger charge is 2.36. The first kappa shape index (κ1) is 9.93. The molecule has 1 saturated heterocycles. The summed E-state index contributed by atoms with van der Waals surface area (Å²) in [6.45, 7) is 2.21. The maximum Gasteiger partial charge on any atom is 0.200 e. The number of allylic oxidation sites excluding steroid dienone is 2. The first-order valence-corrected chi connectivity index (χ1v) is 5.87. The fourth-order valence-electron chi connectivity index (χ4n) is 2.57. The van der Waals surface area contributed by atoms with Gasteiger partial charge in [0.25, 0.3) is 0 Å². The van der Waals surface area contributed by atoms with Gasteiger partial charge >= 0.3 is 0 Å². The molecular formula is C12H17N4+. The van der Waals surface area contributed by atoms with Crippen molar-refractivity contribution in [1.29, 1.82) is 0 Å². The summed E-state index contributed by atoms with van der Waals surface area (Å²) in [7, 11) is 2.15. The average Bonchev–Trinajstić information content (AvgIpc) is 2.67. The Morgan fingerprint density at radius 1 is 1.38 bits per heavy atom. The van der Waals surface area contributed by atoms with Crippen molar-refractivity contribution in [2.24, 2.45) is 15.9 Å². The van der Waals surface area contributed by atoms with Crippen LogP contribution in [-0.4, -0.2) is 37.2 Å². The Bertz CT molecular complexity index is 413. The zero-order valence-corrected chi connectivity index (χ0v) is 9.56. The quantitative estimate of drug-likeness (QED) is 0.659. The first-order valence-electron chi connectivity index (χ1n) is 5.87. The Labute approximate surface area is 95.7 Å². The Hall–Kier alpha value is -1.26. The smallest absolute Gasteiger partial charge is 0.200 e. The number of rotatable bonds is 1. The number of hydrogen-bond acceptors (Lipinski definition) is 3. The Balaban J connectivity index is 1.95. The molecule has 0 radical (unpaired) electrons. The van der Waals surface area contributed by atoms with E-state index in [-0.39, 0.29) is 0 Å². The van der Waals surface area contributed by atoms with Gasteiger partial charge in [-0.05, 0) is 25.9 Å². The number of quaternary nitrogens is 1. The lowest BCUT2D eigenvalue weighted by atomic mass is 9.93. The van der Waals surface area contributed by atoms with Crippen LogP contribution in [0, 0.1) is 5.92 Å². The number of piperidine rings is 1. The minimum atomic E-state index is 0.602. The van der Waals surface area contributed by atoms with Gasteiger partial charge in [0.15, 0.2) is 12.0 Å². The van der Waals surface area contributed by atoms with Crippen LogP contribution >= 0.6 is 0 Å². The molecule has 0 aromatic rings. The highest BCUT2D eigenvalue weighted by atomic mass is 15.4. The Morgan fingerprint density at radius 2 is 2.19 bits per heavy atom. The third-order valence-corrected chi connectivity index (χ3v) is 3.60. The van der Waals surface area contributed by atoms with Gasteiger partial charge in [0.2, 0.25) is 0 Å². The van der Waals surface area contributed by atoms with E-state index in [0.717, 1.165) is 13.1 Å². The molecule has 1 fully saturated rings. The van der Waals surface area contributed by atoms with Crippen molar-refractivity contribution in [3.8, 4) is 0 Å². The maximum atomic E-state index is 4.63. The summed E-state index contributed by atoms with van der Waals surface area (Å²) in [5, 5.41) is 3.39. The molecule has 0 saturated carbocycles. The van der Waals surface area contributed by atoms with Crippen molar-refractivity contribution in [3.63, 3.8) is 0 Å². The van der Waals surface area contributed by atoms with E-state index in [1.165, 1.54) is 24.2 Å². The van der Waals surface area contributed by atoms with Crippen molar-refractivity contribution in [1.82, 2.24) is 5.32 Å². The van der Waals surface area contributed by atoms with Crippen LogP contribution in [0.3, 0.4) is 0 Å². The molecule has 0 bridgehead atoms. The summed E-state index contributed by atoms with van der Waals surface area (Å²) in [6.07, 6.45) is 10.3. The SMILES string of the molecule is C[N+]12C=CN=CC1=C(C1CCNCC1)N=C2. The van der Waals surface area contributed by atoms with E-state index in [4.69, 9.17) is 0 Å². The molecule has 3 heterocycles. The molecule has 3 rings (SSSR count). The molecule has 4 heteroatoms. The molecule has 16 heavy (non-hydrogen) atoms. The van der Waals surface area contributed by atoms with E-state index in [1.54, 1.807) is 0 Å². The van der Waals surface area contributed by atoms with Gasteiger partial charge < -0.3 is 5.32 Å². The highest BCUT2D eigenvalue weighted by Crippen LogP contribution is 2.33.